The Bertz CT molecular complexity index is 502. The van der Waals surface area contributed by atoms with Crippen LogP contribution in [-0.2, 0) is 22.4 Å². The fraction of sp³-hybridized carbons (Fsp3) is 0.417. The van der Waals surface area contributed by atoms with E-state index in [-0.39, 0.29) is 12.5 Å². The lowest BCUT2D eigenvalue weighted by Crippen LogP contribution is -2.38. The highest BCUT2D eigenvalue weighted by Gasteiger charge is 2.18. The average molecular weight is 282 g/mol. The van der Waals surface area contributed by atoms with Crippen molar-refractivity contribution in [3.8, 4) is 0 Å². The molecular weight excluding hydrogens is 268 g/mol. The topological polar surface area (TPSA) is 95.5 Å². The Labute approximate surface area is 113 Å². The number of aryl methyl sites for hydroxylation is 2. The van der Waals surface area contributed by atoms with E-state index in [1.807, 2.05) is 6.07 Å². The summed E-state index contributed by atoms with van der Waals surface area (Å²) in [5.41, 5.74) is 1.23. The van der Waals surface area contributed by atoms with Crippen LogP contribution in [0, 0.1) is 0 Å². The van der Waals surface area contributed by atoms with Crippen molar-refractivity contribution in [2.24, 2.45) is 0 Å². The fourth-order valence-electron chi connectivity index (χ4n) is 1.93. The Morgan fingerprint density at radius 2 is 2.00 bits per heavy atom. The molecule has 1 aromatic heterocycles. The molecule has 0 bridgehead atoms. The highest BCUT2D eigenvalue weighted by Crippen LogP contribution is 2.30. The number of rotatable bonds is 5. The van der Waals surface area contributed by atoms with Gasteiger partial charge in [-0.15, -0.1) is 11.3 Å². The summed E-state index contributed by atoms with van der Waals surface area (Å²) in [6.07, 6.45) is 3.17. The first kappa shape index (κ1) is 13.5. The van der Waals surface area contributed by atoms with Gasteiger partial charge in [-0.2, -0.15) is 0 Å². The normalized spacial score (nSPS) is 12.8. The lowest BCUT2D eigenvalue weighted by atomic mass is 10.2. The molecule has 1 aromatic rings. The van der Waals surface area contributed by atoms with Gasteiger partial charge in [-0.3, -0.25) is 14.4 Å². The third-order valence-electron chi connectivity index (χ3n) is 2.82. The lowest BCUT2D eigenvalue weighted by Gasteiger charge is -2.03. The number of carboxylic acid groups (broad SMARTS) is 1. The van der Waals surface area contributed by atoms with E-state index in [2.05, 4.69) is 10.6 Å². The van der Waals surface area contributed by atoms with Gasteiger partial charge >= 0.3 is 5.97 Å². The van der Waals surface area contributed by atoms with Crippen LogP contribution in [-0.4, -0.2) is 36.0 Å². The maximum Gasteiger partial charge on any atom is 0.322 e. The number of amides is 2. The molecule has 0 aliphatic heterocycles. The van der Waals surface area contributed by atoms with Gasteiger partial charge in [0.25, 0.3) is 5.91 Å². The van der Waals surface area contributed by atoms with Gasteiger partial charge < -0.3 is 15.7 Å². The Morgan fingerprint density at radius 3 is 2.68 bits per heavy atom. The number of hydrogen-bond acceptors (Lipinski definition) is 4. The summed E-state index contributed by atoms with van der Waals surface area (Å²) >= 11 is 1.46. The van der Waals surface area contributed by atoms with Gasteiger partial charge in [0.2, 0.25) is 5.91 Å². The second kappa shape index (κ2) is 5.83. The molecule has 0 spiro atoms. The number of fused-ring (bicyclic) bond motifs is 1. The lowest BCUT2D eigenvalue weighted by molar-refractivity contribution is -0.137. The number of carbonyl (C=O) groups is 3. The fourth-order valence-corrected chi connectivity index (χ4v) is 3.10. The van der Waals surface area contributed by atoms with Gasteiger partial charge in [0.1, 0.15) is 6.54 Å². The van der Waals surface area contributed by atoms with Crippen LogP contribution in [0.15, 0.2) is 6.07 Å². The van der Waals surface area contributed by atoms with E-state index < -0.39 is 18.4 Å². The summed E-state index contributed by atoms with van der Waals surface area (Å²) in [5.74, 6) is -1.92. The number of nitrogens with one attached hydrogen (secondary N) is 2. The van der Waals surface area contributed by atoms with Crippen LogP contribution in [0.25, 0.3) is 0 Å². The van der Waals surface area contributed by atoms with E-state index in [9.17, 15) is 14.4 Å². The zero-order valence-electron chi connectivity index (χ0n) is 10.2. The SMILES string of the molecule is O=C(O)CNC(=O)CNC(=O)c1cc2c(s1)CCC2. The molecule has 19 heavy (non-hydrogen) atoms. The average Bonchev–Trinajstić information content (AvgIpc) is 2.93. The summed E-state index contributed by atoms with van der Waals surface area (Å²) in [4.78, 5) is 35.1. The van der Waals surface area contributed by atoms with Crippen LogP contribution in [0.5, 0.6) is 0 Å². The largest absolute Gasteiger partial charge is 0.480 e. The minimum absolute atomic E-state index is 0.214. The van der Waals surface area contributed by atoms with Crippen molar-refractivity contribution in [3.63, 3.8) is 0 Å². The zero-order valence-corrected chi connectivity index (χ0v) is 11.0. The third-order valence-corrected chi connectivity index (χ3v) is 4.05. The molecule has 3 N–H and O–H groups in total. The van der Waals surface area contributed by atoms with Gasteiger partial charge in [0.05, 0.1) is 11.4 Å². The highest BCUT2D eigenvalue weighted by molar-refractivity contribution is 7.14. The molecule has 1 heterocycles. The Kier molecular flexibility index (Phi) is 4.16. The summed E-state index contributed by atoms with van der Waals surface area (Å²) < 4.78 is 0. The Morgan fingerprint density at radius 1 is 1.21 bits per heavy atom. The van der Waals surface area contributed by atoms with Crippen LogP contribution in [0.1, 0.15) is 26.5 Å². The van der Waals surface area contributed by atoms with Crippen LogP contribution in [0.2, 0.25) is 0 Å². The quantitative estimate of drug-likeness (QED) is 0.717. The monoisotopic (exact) mass is 282 g/mol. The van der Waals surface area contributed by atoms with Crippen LogP contribution < -0.4 is 10.6 Å². The van der Waals surface area contributed by atoms with Crippen molar-refractivity contribution >= 4 is 29.1 Å². The number of aliphatic carboxylic acids is 1. The predicted molar refractivity (Wildman–Crippen MR) is 69.3 cm³/mol. The van der Waals surface area contributed by atoms with E-state index in [0.29, 0.717) is 4.88 Å². The molecule has 7 heteroatoms. The molecule has 2 rings (SSSR count). The van der Waals surface area contributed by atoms with Crippen molar-refractivity contribution < 1.29 is 19.5 Å². The van der Waals surface area contributed by atoms with Gasteiger partial charge in [-0.1, -0.05) is 0 Å². The maximum atomic E-state index is 11.8. The summed E-state index contributed by atoms with van der Waals surface area (Å²) in [6, 6.07) is 1.87. The standard InChI is InChI=1S/C12H14N2O4S/c15-10(13-6-11(16)17)5-14-12(18)9-4-7-2-1-3-8(7)19-9/h4H,1-3,5-6H2,(H,13,15)(H,14,18)(H,16,17). The molecule has 0 fully saturated rings. The molecule has 6 nitrogen and oxygen atoms in total. The summed E-state index contributed by atoms with van der Waals surface area (Å²) in [7, 11) is 0. The Balaban J connectivity index is 1.80. The minimum Gasteiger partial charge on any atom is -0.480 e. The summed E-state index contributed by atoms with van der Waals surface area (Å²) in [5, 5.41) is 13.0. The second-order valence-electron chi connectivity index (χ2n) is 4.27. The van der Waals surface area contributed by atoms with Gasteiger partial charge in [0.15, 0.2) is 0 Å². The molecule has 1 aliphatic rings. The smallest absolute Gasteiger partial charge is 0.322 e. The first-order valence-corrected chi connectivity index (χ1v) is 6.76. The van der Waals surface area contributed by atoms with E-state index in [0.717, 1.165) is 19.3 Å². The van der Waals surface area contributed by atoms with Crippen molar-refractivity contribution in [2.45, 2.75) is 19.3 Å². The van der Waals surface area contributed by atoms with Crippen molar-refractivity contribution in [1.29, 1.82) is 0 Å². The van der Waals surface area contributed by atoms with E-state index in [1.165, 1.54) is 21.8 Å². The van der Waals surface area contributed by atoms with Gasteiger partial charge in [-0.25, -0.2) is 0 Å². The molecule has 0 atom stereocenters. The second-order valence-corrected chi connectivity index (χ2v) is 5.40. The number of hydrogen-bond donors (Lipinski definition) is 3. The zero-order chi connectivity index (χ0) is 13.8. The molecule has 0 saturated heterocycles. The van der Waals surface area contributed by atoms with Crippen molar-refractivity contribution in [3.05, 3.63) is 21.4 Å². The van der Waals surface area contributed by atoms with Gasteiger partial charge in [0, 0.05) is 4.88 Å². The van der Waals surface area contributed by atoms with Gasteiger partial charge in [-0.05, 0) is 30.9 Å². The first-order valence-electron chi connectivity index (χ1n) is 5.94. The maximum absolute atomic E-state index is 11.8. The van der Waals surface area contributed by atoms with E-state index >= 15 is 0 Å². The molecule has 102 valence electrons. The first-order chi connectivity index (χ1) is 9.06. The van der Waals surface area contributed by atoms with Crippen LogP contribution in [0.3, 0.4) is 0 Å². The molecule has 2 amide bonds. The van der Waals surface area contributed by atoms with Crippen molar-refractivity contribution in [1.82, 2.24) is 10.6 Å². The number of carboxylic acids is 1. The highest BCUT2D eigenvalue weighted by atomic mass is 32.1. The molecule has 0 aromatic carbocycles. The Hall–Kier alpha value is -1.89. The minimum atomic E-state index is -1.12. The molecule has 0 saturated carbocycles. The molecule has 0 radical (unpaired) electrons. The third kappa shape index (κ3) is 3.54. The molecular formula is C12H14N2O4S. The number of carbonyl (C=O) groups excluding carboxylic acids is 2. The van der Waals surface area contributed by atoms with Crippen LogP contribution >= 0.6 is 11.3 Å². The summed E-state index contributed by atoms with van der Waals surface area (Å²) in [6.45, 7) is -0.656. The molecule has 0 unspecified atom stereocenters. The van der Waals surface area contributed by atoms with Crippen LogP contribution in [0.4, 0.5) is 0 Å². The van der Waals surface area contributed by atoms with Crippen molar-refractivity contribution in [2.75, 3.05) is 13.1 Å². The molecule has 1 aliphatic carbocycles. The predicted octanol–water partition coefficient (Wildman–Crippen LogP) is 0.167. The van der Waals surface area contributed by atoms with E-state index in [1.54, 1.807) is 0 Å². The number of thiophene rings is 1. The van der Waals surface area contributed by atoms with E-state index in [4.69, 9.17) is 5.11 Å².